The van der Waals surface area contributed by atoms with Gasteiger partial charge in [0.25, 0.3) is 0 Å². The molecule has 0 bridgehead atoms. The third kappa shape index (κ3) is 2.69. The van der Waals surface area contributed by atoms with E-state index in [1.807, 2.05) is 6.92 Å². The van der Waals surface area contributed by atoms with Crippen molar-refractivity contribution in [2.45, 2.75) is 39.2 Å². The first-order valence-corrected chi connectivity index (χ1v) is 5.23. The first-order valence-electron chi connectivity index (χ1n) is 5.23. The maximum Gasteiger partial charge on any atom is 0.224 e. The van der Waals surface area contributed by atoms with Gasteiger partial charge in [0.1, 0.15) is 0 Å². The van der Waals surface area contributed by atoms with Crippen LogP contribution in [0.1, 0.15) is 33.1 Å². The molecule has 1 saturated carbocycles. The van der Waals surface area contributed by atoms with Gasteiger partial charge in [-0.05, 0) is 18.8 Å². The zero-order valence-electron chi connectivity index (χ0n) is 8.55. The summed E-state index contributed by atoms with van der Waals surface area (Å²) in [5, 5.41) is 3.04. The molecular weight excluding hydrogens is 164 g/mol. The monoisotopic (exact) mass is 184 g/mol. The predicted molar refractivity (Wildman–Crippen MR) is 53.2 cm³/mol. The fourth-order valence-corrected chi connectivity index (χ4v) is 1.64. The van der Waals surface area contributed by atoms with Crippen LogP contribution in [-0.2, 0) is 4.79 Å². The topological polar surface area (TPSA) is 55.1 Å². The fraction of sp³-hybridized carbons (Fsp3) is 0.900. The lowest BCUT2D eigenvalue weighted by atomic mass is 10.1. The van der Waals surface area contributed by atoms with Gasteiger partial charge in [0.2, 0.25) is 5.91 Å². The van der Waals surface area contributed by atoms with Gasteiger partial charge in [0.15, 0.2) is 0 Å². The minimum absolute atomic E-state index is 0.0121. The fourth-order valence-electron chi connectivity index (χ4n) is 1.64. The first-order chi connectivity index (χ1) is 6.22. The third-order valence-electron chi connectivity index (χ3n) is 2.92. The van der Waals surface area contributed by atoms with Crippen molar-refractivity contribution in [3.63, 3.8) is 0 Å². The van der Waals surface area contributed by atoms with Crippen LogP contribution in [-0.4, -0.2) is 18.5 Å². The molecule has 0 aromatic carbocycles. The van der Waals surface area contributed by atoms with Crippen LogP contribution in [0, 0.1) is 11.8 Å². The van der Waals surface area contributed by atoms with Gasteiger partial charge in [-0.3, -0.25) is 4.79 Å². The lowest BCUT2D eigenvalue weighted by Gasteiger charge is -2.12. The molecular formula is C10H20N2O. The smallest absolute Gasteiger partial charge is 0.224 e. The number of hydrogen-bond donors (Lipinski definition) is 2. The van der Waals surface area contributed by atoms with E-state index in [-0.39, 0.29) is 11.8 Å². The Kier molecular flexibility index (Phi) is 3.72. The second-order valence-corrected chi connectivity index (χ2v) is 3.86. The van der Waals surface area contributed by atoms with Gasteiger partial charge in [-0.2, -0.15) is 0 Å². The van der Waals surface area contributed by atoms with Gasteiger partial charge in [-0.1, -0.05) is 20.3 Å². The van der Waals surface area contributed by atoms with Gasteiger partial charge in [0, 0.05) is 18.5 Å². The van der Waals surface area contributed by atoms with Gasteiger partial charge < -0.3 is 11.1 Å². The summed E-state index contributed by atoms with van der Waals surface area (Å²) in [6, 6.07) is 0.443. The van der Waals surface area contributed by atoms with E-state index < -0.39 is 0 Å². The second kappa shape index (κ2) is 4.61. The van der Waals surface area contributed by atoms with Crippen LogP contribution in [0.15, 0.2) is 0 Å². The zero-order valence-corrected chi connectivity index (χ0v) is 8.55. The molecule has 0 aliphatic heterocycles. The lowest BCUT2D eigenvalue weighted by molar-refractivity contribution is -0.125. The highest BCUT2D eigenvalue weighted by Gasteiger charge is 2.37. The lowest BCUT2D eigenvalue weighted by Crippen LogP contribution is -2.36. The molecule has 0 radical (unpaired) electrons. The second-order valence-electron chi connectivity index (χ2n) is 3.86. The minimum atomic E-state index is 0.0121. The minimum Gasteiger partial charge on any atom is -0.353 e. The molecule has 3 nitrogen and oxygen atoms in total. The maximum absolute atomic E-state index is 11.5. The quantitative estimate of drug-likeness (QED) is 0.666. The normalized spacial score (nSPS) is 28.2. The largest absolute Gasteiger partial charge is 0.353 e. The van der Waals surface area contributed by atoms with E-state index in [0.29, 0.717) is 12.6 Å². The number of nitrogens with one attached hydrogen (secondary N) is 1. The van der Waals surface area contributed by atoms with Crippen molar-refractivity contribution in [3.05, 3.63) is 0 Å². The van der Waals surface area contributed by atoms with E-state index in [0.717, 1.165) is 18.8 Å². The van der Waals surface area contributed by atoms with Crippen molar-refractivity contribution in [3.8, 4) is 0 Å². The van der Waals surface area contributed by atoms with Crippen molar-refractivity contribution in [1.82, 2.24) is 5.32 Å². The van der Waals surface area contributed by atoms with Crippen molar-refractivity contribution < 1.29 is 4.79 Å². The Labute approximate surface area is 80.1 Å². The third-order valence-corrected chi connectivity index (χ3v) is 2.92. The maximum atomic E-state index is 11.5. The van der Waals surface area contributed by atoms with E-state index in [1.54, 1.807) is 0 Å². The first kappa shape index (κ1) is 10.5. The zero-order chi connectivity index (χ0) is 9.84. The summed E-state index contributed by atoms with van der Waals surface area (Å²) in [4.78, 5) is 11.5. The van der Waals surface area contributed by atoms with Crippen LogP contribution >= 0.6 is 0 Å². The van der Waals surface area contributed by atoms with E-state index in [2.05, 4.69) is 12.2 Å². The molecule has 3 N–H and O–H groups in total. The Balaban J connectivity index is 2.25. The van der Waals surface area contributed by atoms with Crippen molar-refractivity contribution in [2.24, 2.45) is 17.6 Å². The summed E-state index contributed by atoms with van der Waals surface area (Å²) < 4.78 is 0. The molecule has 3 unspecified atom stereocenters. The Morgan fingerprint density at radius 3 is 2.69 bits per heavy atom. The summed E-state index contributed by atoms with van der Waals surface area (Å²) in [6.45, 7) is 4.63. The molecule has 1 amide bonds. The highest BCUT2D eigenvalue weighted by atomic mass is 16.2. The molecule has 0 saturated heterocycles. The summed E-state index contributed by atoms with van der Waals surface area (Å²) >= 11 is 0. The number of nitrogens with two attached hydrogens (primary N) is 1. The highest BCUT2D eigenvalue weighted by Crippen LogP contribution is 2.33. The molecule has 0 aromatic rings. The molecule has 3 atom stereocenters. The average molecular weight is 184 g/mol. The SMILES string of the molecule is CCC(CN)C(=O)NC1CC1CC. The number of amides is 1. The van der Waals surface area contributed by atoms with Crippen LogP contribution in [0.5, 0.6) is 0 Å². The molecule has 0 aromatic heterocycles. The summed E-state index contributed by atoms with van der Waals surface area (Å²) in [5.74, 6) is 0.878. The Morgan fingerprint density at radius 2 is 2.31 bits per heavy atom. The summed E-state index contributed by atoms with van der Waals surface area (Å²) in [7, 11) is 0. The Bertz CT molecular complexity index is 178. The van der Waals surface area contributed by atoms with E-state index >= 15 is 0 Å². The number of carbonyl (C=O) groups excluding carboxylic acids is 1. The number of hydrogen-bond acceptors (Lipinski definition) is 2. The highest BCUT2D eigenvalue weighted by molar-refractivity contribution is 5.79. The molecule has 76 valence electrons. The van der Waals surface area contributed by atoms with Gasteiger partial charge in [-0.25, -0.2) is 0 Å². The molecule has 1 fully saturated rings. The molecule has 0 spiro atoms. The van der Waals surface area contributed by atoms with Gasteiger partial charge in [0.05, 0.1) is 0 Å². The molecule has 1 rings (SSSR count). The van der Waals surface area contributed by atoms with Gasteiger partial charge >= 0.3 is 0 Å². The van der Waals surface area contributed by atoms with Crippen LogP contribution < -0.4 is 11.1 Å². The molecule has 3 heteroatoms. The standard InChI is InChI=1S/C10H20N2O/c1-3-7-5-9(7)12-10(13)8(4-2)6-11/h7-9H,3-6,11H2,1-2H3,(H,12,13). The number of carbonyl (C=O) groups is 1. The Morgan fingerprint density at radius 1 is 1.62 bits per heavy atom. The Hall–Kier alpha value is -0.570. The molecule has 1 aliphatic rings. The van der Waals surface area contributed by atoms with Crippen molar-refractivity contribution in [1.29, 1.82) is 0 Å². The number of rotatable bonds is 5. The van der Waals surface area contributed by atoms with Crippen LogP contribution in [0.3, 0.4) is 0 Å². The molecule has 0 heterocycles. The van der Waals surface area contributed by atoms with Gasteiger partial charge in [-0.15, -0.1) is 0 Å². The van der Waals surface area contributed by atoms with E-state index in [4.69, 9.17) is 5.73 Å². The van der Waals surface area contributed by atoms with Crippen molar-refractivity contribution >= 4 is 5.91 Å². The van der Waals surface area contributed by atoms with Crippen LogP contribution in [0.4, 0.5) is 0 Å². The summed E-state index contributed by atoms with van der Waals surface area (Å²) in [5.41, 5.74) is 5.49. The molecule has 13 heavy (non-hydrogen) atoms. The summed E-state index contributed by atoms with van der Waals surface area (Å²) in [6.07, 6.45) is 3.17. The van der Waals surface area contributed by atoms with E-state index in [1.165, 1.54) is 6.42 Å². The molecule has 1 aliphatic carbocycles. The van der Waals surface area contributed by atoms with E-state index in [9.17, 15) is 4.79 Å². The van der Waals surface area contributed by atoms with Crippen LogP contribution in [0.25, 0.3) is 0 Å². The predicted octanol–water partition coefficient (Wildman–Crippen LogP) is 0.886. The average Bonchev–Trinajstić information content (AvgIpc) is 2.85. The van der Waals surface area contributed by atoms with Crippen molar-refractivity contribution in [2.75, 3.05) is 6.54 Å². The van der Waals surface area contributed by atoms with Crippen LogP contribution in [0.2, 0.25) is 0 Å².